The molecule has 1 aromatic carbocycles. The van der Waals surface area contributed by atoms with Crippen molar-refractivity contribution in [2.24, 2.45) is 0 Å². The molecule has 0 saturated heterocycles. The Morgan fingerprint density at radius 1 is 1.35 bits per heavy atom. The molecule has 0 amide bonds. The van der Waals surface area contributed by atoms with Gasteiger partial charge >= 0.3 is 12.3 Å². The van der Waals surface area contributed by atoms with Crippen molar-refractivity contribution in [1.29, 1.82) is 0 Å². The first kappa shape index (κ1) is 14.2. The fourth-order valence-electron chi connectivity index (χ4n) is 1.05. The molecule has 2 nitrogen and oxygen atoms in total. The maximum Gasteiger partial charge on any atom is 0.330 e. The maximum absolute atomic E-state index is 12.5. The van der Waals surface area contributed by atoms with Gasteiger partial charge in [0.25, 0.3) is 0 Å². The first-order chi connectivity index (χ1) is 7.83. The number of nitrogen functional groups attached to an aromatic ring is 1. The van der Waals surface area contributed by atoms with Gasteiger partial charge in [-0.3, -0.25) is 0 Å². The van der Waals surface area contributed by atoms with E-state index in [-0.39, 0.29) is 6.61 Å². The third-order valence-electron chi connectivity index (χ3n) is 1.94. The summed E-state index contributed by atoms with van der Waals surface area (Å²) in [6.07, 6.45) is -3.72. The minimum Gasteiger partial charge on any atom is -0.398 e. The summed E-state index contributed by atoms with van der Waals surface area (Å²) in [6.45, 7) is -1.51. The van der Waals surface area contributed by atoms with Crippen LogP contribution in [0.2, 0.25) is 0 Å². The van der Waals surface area contributed by atoms with Crippen LogP contribution in [0.4, 0.5) is 23.2 Å². The Bertz CT molecular complexity index is 387. The van der Waals surface area contributed by atoms with Crippen LogP contribution in [0.25, 0.3) is 0 Å². The van der Waals surface area contributed by atoms with Crippen molar-refractivity contribution >= 4 is 21.6 Å². The molecule has 2 N–H and O–H groups in total. The van der Waals surface area contributed by atoms with Gasteiger partial charge in [0.2, 0.25) is 0 Å². The number of hydrogen-bond donors (Lipinski definition) is 1. The van der Waals surface area contributed by atoms with Gasteiger partial charge in [-0.05, 0) is 33.6 Å². The van der Waals surface area contributed by atoms with Gasteiger partial charge in [0.05, 0.1) is 6.61 Å². The summed E-state index contributed by atoms with van der Waals surface area (Å²) in [6, 6.07) is 4.74. The number of benzene rings is 1. The topological polar surface area (TPSA) is 35.2 Å². The van der Waals surface area contributed by atoms with E-state index in [1.54, 1.807) is 12.1 Å². The van der Waals surface area contributed by atoms with Crippen LogP contribution in [0, 0.1) is 0 Å². The third-order valence-corrected chi connectivity index (χ3v) is 2.67. The highest BCUT2D eigenvalue weighted by atomic mass is 79.9. The van der Waals surface area contributed by atoms with E-state index in [1.165, 1.54) is 6.07 Å². The molecular weight excluding hydrogens is 306 g/mol. The minimum atomic E-state index is -4.12. The molecule has 0 heterocycles. The molecule has 0 bridgehead atoms. The molecule has 1 rings (SSSR count). The van der Waals surface area contributed by atoms with E-state index in [4.69, 9.17) is 5.73 Å². The van der Waals surface area contributed by atoms with E-state index in [9.17, 15) is 17.6 Å². The molecule has 17 heavy (non-hydrogen) atoms. The fraction of sp³-hybridized carbons (Fsp3) is 0.400. The standard InChI is InChI=1S/C10H10BrF4NO/c11-7-2-1-6(3-8(7)16)4-17-5-10(14,15)9(12)13/h1-3,9H,4-5,16H2. The Hall–Kier alpha value is -0.820. The van der Waals surface area contributed by atoms with E-state index < -0.39 is 19.0 Å². The largest absolute Gasteiger partial charge is 0.398 e. The van der Waals surface area contributed by atoms with Crippen LogP contribution in [0.5, 0.6) is 0 Å². The highest BCUT2D eigenvalue weighted by Gasteiger charge is 2.40. The molecule has 7 heteroatoms. The Balaban J connectivity index is 2.49. The summed E-state index contributed by atoms with van der Waals surface area (Å²) in [5.41, 5.74) is 6.52. The summed E-state index contributed by atoms with van der Waals surface area (Å²) in [5.74, 6) is -4.12. The second-order valence-electron chi connectivity index (χ2n) is 3.41. The minimum absolute atomic E-state index is 0.195. The lowest BCUT2D eigenvalue weighted by Crippen LogP contribution is -2.32. The number of nitrogens with two attached hydrogens (primary N) is 1. The first-order valence-electron chi connectivity index (χ1n) is 4.60. The van der Waals surface area contributed by atoms with Gasteiger partial charge in [0.1, 0.15) is 6.61 Å². The van der Waals surface area contributed by atoms with Gasteiger partial charge < -0.3 is 10.5 Å². The predicted molar refractivity (Wildman–Crippen MR) is 59.2 cm³/mol. The number of halogens is 5. The molecule has 0 aliphatic heterocycles. The van der Waals surface area contributed by atoms with E-state index in [2.05, 4.69) is 20.7 Å². The summed E-state index contributed by atoms with van der Waals surface area (Å²) in [4.78, 5) is 0. The van der Waals surface area contributed by atoms with Gasteiger partial charge in [0, 0.05) is 10.2 Å². The fourth-order valence-corrected chi connectivity index (χ4v) is 1.30. The lowest BCUT2D eigenvalue weighted by atomic mass is 10.2. The second-order valence-corrected chi connectivity index (χ2v) is 4.26. The Morgan fingerprint density at radius 2 is 2.00 bits per heavy atom. The molecule has 96 valence electrons. The predicted octanol–water partition coefficient (Wildman–Crippen LogP) is 3.45. The van der Waals surface area contributed by atoms with Gasteiger partial charge in [-0.1, -0.05) is 6.07 Å². The van der Waals surface area contributed by atoms with Gasteiger partial charge in [-0.15, -0.1) is 0 Å². The molecule has 0 saturated carbocycles. The van der Waals surface area contributed by atoms with E-state index in [0.29, 0.717) is 15.7 Å². The van der Waals surface area contributed by atoms with Crippen LogP contribution in [-0.2, 0) is 11.3 Å². The quantitative estimate of drug-likeness (QED) is 0.667. The molecule has 1 aromatic rings. The smallest absolute Gasteiger partial charge is 0.330 e. The van der Waals surface area contributed by atoms with Crippen molar-refractivity contribution in [3.05, 3.63) is 28.2 Å². The second kappa shape index (κ2) is 5.68. The number of rotatable bonds is 5. The Kier molecular flexibility index (Phi) is 4.76. The van der Waals surface area contributed by atoms with Crippen molar-refractivity contribution in [2.75, 3.05) is 12.3 Å². The van der Waals surface area contributed by atoms with Crippen molar-refractivity contribution in [3.8, 4) is 0 Å². The summed E-state index contributed by atoms with van der Waals surface area (Å²) in [5, 5.41) is 0. The Morgan fingerprint density at radius 3 is 2.53 bits per heavy atom. The lowest BCUT2D eigenvalue weighted by molar-refractivity contribution is -0.168. The van der Waals surface area contributed by atoms with E-state index in [0.717, 1.165) is 0 Å². The maximum atomic E-state index is 12.5. The van der Waals surface area contributed by atoms with Gasteiger partial charge in [-0.2, -0.15) is 8.78 Å². The zero-order chi connectivity index (χ0) is 13.1. The van der Waals surface area contributed by atoms with Gasteiger partial charge in [0.15, 0.2) is 0 Å². The molecule has 0 aromatic heterocycles. The zero-order valence-electron chi connectivity index (χ0n) is 8.60. The normalized spacial score (nSPS) is 12.1. The van der Waals surface area contributed by atoms with Crippen molar-refractivity contribution in [3.63, 3.8) is 0 Å². The van der Waals surface area contributed by atoms with Crippen LogP contribution in [-0.4, -0.2) is 19.0 Å². The van der Waals surface area contributed by atoms with Crippen LogP contribution in [0.3, 0.4) is 0 Å². The molecule has 0 atom stereocenters. The molecule has 0 fully saturated rings. The van der Waals surface area contributed by atoms with Gasteiger partial charge in [-0.25, -0.2) is 8.78 Å². The van der Waals surface area contributed by atoms with Crippen LogP contribution >= 0.6 is 15.9 Å². The molecule has 0 aliphatic carbocycles. The zero-order valence-corrected chi connectivity index (χ0v) is 10.2. The monoisotopic (exact) mass is 315 g/mol. The SMILES string of the molecule is Nc1cc(COCC(F)(F)C(F)F)ccc1Br. The van der Waals surface area contributed by atoms with Crippen molar-refractivity contribution < 1.29 is 22.3 Å². The van der Waals surface area contributed by atoms with E-state index >= 15 is 0 Å². The summed E-state index contributed by atoms with van der Waals surface area (Å²) < 4.78 is 53.8. The average Bonchev–Trinajstić information content (AvgIpc) is 2.23. The molecule has 0 radical (unpaired) electrons. The van der Waals surface area contributed by atoms with Crippen LogP contribution < -0.4 is 5.73 Å². The first-order valence-corrected chi connectivity index (χ1v) is 5.40. The highest BCUT2D eigenvalue weighted by Crippen LogP contribution is 2.24. The number of anilines is 1. The molecule has 0 spiro atoms. The average molecular weight is 316 g/mol. The molecular formula is C10H10BrF4NO. The van der Waals surface area contributed by atoms with Crippen LogP contribution in [0.1, 0.15) is 5.56 Å². The Labute approximate surface area is 104 Å². The van der Waals surface area contributed by atoms with Crippen molar-refractivity contribution in [1.82, 2.24) is 0 Å². The summed E-state index contributed by atoms with van der Waals surface area (Å²) >= 11 is 3.16. The molecule has 0 aliphatic rings. The van der Waals surface area contributed by atoms with E-state index in [1.807, 2.05) is 0 Å². The van der Waals surface area contributed by atoms with Crippen LogP contribution in [0.15, 0.2) is 22.7 Å². The van der Waals surface area contributed by atoms with Crippen molar-refractivity contribution in [2.45, 2.75) is 19.0 Å². The molecule has 0 unspecified atom stereocenters. The lowest BCUT2D eigenvalue weighted by Gasteiger charge is -2.15. The number of ether oxygens (including phenoxy) is 1. The highest BCUT2D eigenvalue weighted by molar-refractivity contribution is 9.10. The number of alkyl halides is 4. The summed E-state index contributed by atoms with van der Waals surface area (Å²) in [7, 11) is 0. The number of hydrogen-bond acceptors (Lipinski definition) is 2. The third kappa shape index (κ3) is 4.16.